The van der Waals surface area contributed by atoms with E-state index < -0.39 is 10.8 Å². The molecule has 1 aromatic rings. The summed E-state index contributed by atoms with van der Waals surface area (Å²) in [7, 11) is -0.914. The maximum absolute atomic E-state index is 11.4. The molecule has 0 saturated carbocycles. The molecule has 1 rings (SSSR count). The highest BCUT2D eigenvalue weighted by Crippen LogP contribution is 2.00. The second kappa shape index (κ2) is 5.77. The Hall–Kier alpha value is -1.01. The maximum atomic E-state index is 11.4. The van der Waals surface area contributed by atoms with Gasteiger partial charge in [0.25, 0.3) is 5.91 Å². The Kier molecular flexibility index (Phi) is 4.64. The Morgan fingerprint density at radius 1 is 1.53 bits per heavy atom. The molecule has 0 saturated heterocycles. The van der Waals surface area contributed by atoms with Crippen molar-refractivity contribution in [3.8, 4) is 0 Å². The van der Waals surface area contributed by atoms with Crippen LogP contribution in [-0.4, -0.2) is 38.6 Å². The fourth-order valence-electron chi connectivity index (χ4n) is 0.828. The molecule has 0 aliphatic rings. The highest BCUT2D eigenvalue weighted by Gasteiger charge is 2.06. The van der Waals surface area contributed by atoms with E-state index in [1.807, 2.05) is 0 Å². The van der Waals surface area contributed by atoms with Crippen LogP contribution in [0.2, 0.25) is 5.15 Å². The monoisotopic (exact) mass is 247 g/mol. The number of nitrogens with one attached hydrogen (secondary N) is 1. The van der Waals surface area contributed by atoms with Crippen LogP contribution in [0, 0.1) is 0 Å². The summed E-state index contributed by atoms with van der Waals surface area (Å²) in [5.74, 6) is 0.0804. The number of nitrogens with zero attached hydrogens (tertiary/aromatic N) is 2. The molecule has 0 aliphatic heterocycles. The van der Waals surface area contributed by atoms with E-state index in [1.54, 1.807) is 6.26 Å². The second-order valence-corrected chi connectivity index (χ2v) is 4.70. The summed E-state index contributed by atoms with van der Waals surface area (Å²) in [6.07, 6.45) is 4.17. The molecule has 0 spiro atoms. The molecular formula is C8H10ClN3O2S. The summed E-state index contributed by atoms with van der Waals surface area (Å²) < 4.78 is 10.7. The van der Waals surface area contributed by atoms with Crippen molar-refractivity contribution < 1.29 is 9.00 Å². The van der Waals surface area contributed by atoms with Crippen molar-refractivity contribution in [2.45, 2.75) is 0 Å². The number of rotatable bonds is 4. The van der Waals surface area contributed by atoms with E-state index in [2.05, 4.69) is 15.3 Å². The van der Waals surface area contributed by atoms with Crippen molar-refractivity contribution in [3.05, 3.63) is 23.2 Å². The predicted molar refractivity (Wildman–Crippen MR) is 58.3 cm³/mol. The van der Waals surface area contributed by atoms with Gasteiger partial charge in [-0.05, 0) is 0 Å². The molecule has 15 heavy (non-hydrogen) atoms. The van der Waals surface area contributed by atoms with Crippen molar-refractivity contribution in [2.24, 2.45) is 0 Å². The fraction of sp³-hybridized carbons (Fsp3) is 0.375. The van der Waals surface area contributed by atoms with Crippen LogP contribution in [-0.2, 0) is 10.8 Å². The molecule has 1 heterocycles. The van der Waals surface area contributed by atoms with Gasteiger partial charge < -0.3 is 5.32 Å². The molecular weight excluding hydrogens is 238 g/mol. The molecule has 0 aromatic carbocycles. The molecule has 1 atom stereocenters. The van der Waals surface area contributed by atoms with E-state index in [0.717, 1.165) is 0 Å². The van der Waals surface area contributed by atoms with E-state index in [1.165, 1.54) is 12.4 Å². The van der Waals surface area contributed by atoms with Gasteiger partial charge in [0.15, 0.2) is 0 Å². The Labute approximate surface area is 94.7 Å². The molecule has 0 aliphatic carbocycles. The number of carbonyl (C=O) groups excluding carboxylic acids is 1. The molecule has 1 unspecified atom stereocenters. The lowest BCUT2D eigenvalue weighted by Gasteiger charge is -2.02. The van der Waals surface area contributed by atoms with Gasteiger partial charge in [0.2, 0.25) is 0 Å². The molecule has 0 radical (unpaired) electrons. The largest absolute Gasteiger partial charge is 0.350 e. The Morgan fingerprint density at radius 2 is 2.27 bits per heavy atom. The third kappa shape index (κ3) is 4.35. The van der Waals surface area contributed by atoms with Gasteiger partial charge in [0.1, 0.15) is 10.8 Å². The van der Waals surface area contributed by atoms with Gasteiger partial charge >= 0.3 is 0 Å². The highest BCUT2D eigenvalue weighted by molar-refractivity contribution is 7.84. The van der Waals surface area contributed by atoms with Crippen molar-refractivity contribution in [2.75, 3.05) is 18.6 Å². The van der Waals surface area contributed by atoms with Gasteiger partial charge in [-0.2, -0.15) is 0 Å². The van der Waals surface area contributed by atoms with Gasteiger partial charge in [0.05, 0.1) is 12.4 Å². The maximum Gasteiger partial charge on any atom is 0.271 e. The Balaban J connectivity index is 2.47. The molecule has 0 fully saturated rings. The summed E-state index contributed by atoms with van der Waals surface area (Å²) in [5, 5.41) is 2.81. The van der Waals surface area contributed by atoms with Crippen molar-refractivity contribution in [3.63, 3.8) is 0 Å². The molecule has 7 heteroatoms. The third-order valence-corrected chi connectivity index (χ3v) is 2.50. The Morgan fingerprint density at radius 3 is 2.80 bits per heavy atom. The predicted octanol–water partition coefficient (Wildman–Crippen LogP) is 0.238. The summed E-state index contributed by atoms with van der Waals surface area (Å²) in [5.41, 5.74) is 0.196. The lowest BCUT2D eigenvalue weighted by molar-refractivity contribution is 0.0951. The van der Waals surface area contributed by atoms with Gasteiger partial charge in [-0.3, -0.25) is 9.00 Å². The van der Waals surface area contributed by atoms with Gasteiger partial charge in [-0.15, -0.1) is 0 Å². The fourth-order valence-corrected chi connectivity index (χ4v) is 1.32. The number of halogens is 1. The molecule has 1 N–H and O–H groups in total. The number of hydrogen-bond acceptors (Lipinski definition) is 4. The van der Waals surface area contributed by atoms with Crippen LogP contribution in [0.3, 0.4) is 0 Å². The van der Waals surface area contributed by atoms with Gasteiger partial charge in [-0.1, -0.05) is 11.6 Å². The van der Waals surface area contributed by atoms with Crippen LogP contribution in [0.5, 0.6) is 0 Å². The lowest BCUT2D eigenvalue weighted by atomic mass is 10.4. The van der Waals surface area contributed by atoms with Crippen molar-refractivity contribution >= 4 is 28.3 Å². The number of aromatic nitrogens is 2. The zero-order valence-electron chi connectivity index (χ0n) is 8.07. The van der Waals surface area contributed by atoms with Crippen molar-refractivity contribution in [1.82, 2.24) is 15.3 Å². The second-order valence-electron chi connectivity index (χ2n) is 2.76. The molecule has 5 nitrogen and oxygen atoms in total. The minimum absolute atomic E-state index is 0.196. The quantitative estimate of drug-likeness (QED) is 0.827. The molecule has 0 bridgehead atoms. The number of carbonyl (C=O) groups is 1. The first-order chi connectivity index (χ1) is 7.09. The first-order valence-electron chi connectivity index (χ1n) is 4.15. The van der Waals surface area contributed by atoms with Crippen LogP contribution in [0.4, 0.5) is 0 Å². The zero-order chi connectivity index (χ0) is 11.3. The van der Waals surface area contributed by atoms with Crippen LogP contribution in [0.15, 0.2) is 12.4 Å². The minimum atomic E-state index is -0.914. The normalized spacial score (nSPS) is 12.1. The summed E-state index contributed by atoms with van der Waals surface area (Å²) in [4.78, 5) is 18.9. The summed E-state index contributed by atoms with van der Waals surface area (Å²) >= 11 is 5.52. The number of hydrogen-bond donors (Lipinski definition) is 1. The van der Waals surface area contributed by atoms with E-state index in [9.17, 15) is 9.00 Å². The molecule has 82 valence electrons. The molecule has 1 amide bonds. The van der Waals surface area contributed by atoms with Crippen LogP contribution >= 0.6 is 11.6 Å². The summed E-state index contributed by atoms with van der Waals surface area (Å²) in [6.45, 7) is 0.353. The Bertz CT molecular complexity index is 369. The minimum Gasteiger partial charge on any atom is -0.350 e. The standard InChI is InChI=1S/C8H10ClN3O2S/c1-15(14)3-2-10-8(13)6-4-12-7(9)5-11-6/h4-5H,2-3H2,1H3,(H,10,13). The highest BCUT2D eigenvalue weighted by atomic mass is 35.5. The van der Waals surface area contributed by atoms with Gasteiger partial charge in [0, 0.05) is 29.4 Å². The van der Waals surface area contributed by atoms with E-state index in [0.29, 0.717) is 12.3 Å². The SMILES string of the molecule is CS(=O)CCNC(=O)c1cnc(Cl)cn1. The first-order valence-corrected chi connectivity index (χ1v) is 6.26. The summed E-state index contributed by atoms with van der Waals surface area (Å²) in [6, 6.07) is 0. The average Bonchev–Trinajstić information content (AvgIpc) is 2.18. The van der Waals surface area contributed by atoms with E-state index >= 15 is 0 Å². The van der Waals surface area contributed by atoms with E-state index in [4.69, 9.17) is 11.6 Å². The van der Waals surface area contributed by atoms with Crippen LogP contribution < -0.4 is 5.32 Å². The third-order valence-electron chi connectivity index (χ3n) is 1.53. The zero-order valence-corrected chi connectivity index (χ0v) is 9.64. The van der Waals surface area contributed by atoms with Gasteiger partial charge in [-0.25, -0.2) is 9.97 Å². The molecule has 1 aromatic heterocycles. The first kappa shape index (κ1) is 12.1. The smallest absolute Gasteiger partial charge is 0.271 e. The van der Waals surface area contributed by atoms with Crippen LogP contribution in [0.25, 0.3) is 0 Å². The number of amides is 1. The topological polar surface area (TPSA) is 72.0 Å². The average molecular weight is 248 g/mol. The lowest BCUT2D eigenvalue weighted by Crippen LogP contribution is -2.28. The van der Waals surface area contributed by atoms with Crippen LogP contribution in [0.1, 0.15) is 10.5 Å². The van der Waals surface area contributed by atoms with E-state index in [-0.39, 0.29) is 16.8 Å². The van der Waals surface area contributed by atoms with Crippen molar-refractivity contribution in [1.29, 1.82) is 0 Å².